The van der Waals surface area contributed by atoms with Crippen molar-refractivity contribution in [2.75, 3.05) is 11.9 Å². The van der Waals surface area contributed by atoms with Crippen LogP contribution in [0.15, 0.2) is 34.8 Å². The number of benzene rings is 2. The lowest BCUT2D eigenvalue weighted by molar-refractivity contribution is 0.339. The average Bonchev–Trinajstić information content (AvgIpc) is 2.41. The van der Waals surface area contributed by atoms with Gasteiger partial charge in [-0.15, -0.1) is 0 Å². The Balaban J connectivity index is 2.22. The van der Waals surface area contributed by atoms with Gasteiger partial charge in [0.2, 0.25) is 0 Å². The zero-order valence-electron chi connectivity index (χ0n) is 12.5. The van der Waals surface area contributed by atoms with Crippen molar-refractivity contribution >= 4 is 33.2 Å². The monoisotopic (exact) mass is 367 g/mol. The third-order valence-electron chi connectivity index (χ3n) is 3.26. The van der Waals surface area contributed by atoms with Crippen LogP contribution in [0.4, 0.5) is 5.69 Å². The smallest absolute Gasteiger partial charge is 0.156 e. The standard InChI is InChI=1S/C17H19BrClNO/c1-4-21-17-15(18)8-14(19)9-16(17)20-10-13-6-5-11(2)7-12(13)3/h5-9,20H,4,10H2,1-3H3. The molecule has 0 heterocycles. The molecule has 0 saturated carbocycles. The van der Waals surface area contributed by atoms with E-state index in [0.717, 1.165) is 22.5 Å². The van der Waals surface area contributed by atoms with Gasteiger partial charge in [0.25, 0.3) is 0 Å². The summed E-state index contributed by atoms with van der Waals surface area (Å²) >= 11 is 9.63. The lowest BCUT2D eigenvalue weighted by Gasteiger charge is -2.15. The molecule has 0 bridgehead atoms. The zero-order chi connectivity index (χ0) is 15.4. The molecule has 0 aliphatic heterocycles. The van der Waals surface area contributed by atoms with E-state index in [9.17, 15) is 0 Å². The number of aryl methyl sites for hydroxylation is 2. The van der Waals surface area contributed by atoms with Crippen LogP contribution in [0.1, 0.15) is 23.6 Å². The number of hydrogen-bond donors (Lipinski definition) is 1. The van der Waals surface area contributed by atoms with Crippen molar-refractivity contribution in [1.29, 1.82) is 0 Å². The number of anilines is 1. The molecule has 2 aromatic carbocycles. The van der Waals surface area contributed by atoms with Crippen molar-refractivity contribution in [2.45, 2.75) is 27.3 Å². The summed E-state index contributed by atoms with van der Waals surface area (Å²) < 4.78 is 6.55. The topological polar surface area (TPSA) is 21.3 Å². The number of rotatable bonds is 5. The van der Waals surface area contributed by atoms with Crippen LogP contribution in [0.3, 0.4) is 0 Å². The fourth-order valence-corrected chi connectivity index (χ4v) is 3.14. The van der Waals surface area contributed by atoms with E-state index in [-0.39, 0.29) is 0 Å². The van der Waals surface area contributed by atoms with Crippen molar-refractivity contribution in [1.82, 2.24) is 0 Å². The van der Waals surface area contributed by atoms with Gasteiger partial charge in [-0.05, 0) is 60.0 Å². The van der Waals surface area contributed by atoms with E-state index in [1.807, 2.05) is 19.1 Å². The molecule has 0 amide bonds. The fraction of sp³-hybridized carbons (Fsp3) is 0.294. The molecule has 0 aromatic heterocycles. The summed E-state index contributed by atoms with van der Waals surface area (Å²) in [6, 6.07) is 10.2. The van der Waals surface area contributed by atoms with Crippen LogP contribution in [0.5, 0.6) is 5.75 Å². The highest BCUT2D eigenvalue weighted by Gasteiger charge is 2.10. The summed E-state index contributed by atoms with van der Waals surface area (Å²) in [5, 5.41) is 4.09. The van der Waals surface area contributed by atoms with E-state index in [4.69, 9.17) is 16.3 Å². The van der Waals surface area contributed by atoms with Gasteiger partial charge in [0.15, 0.2) is 5.75 Å². The normalized spacial score (nSPS) is 10.5. The van der Waals surface area contributed by atoms with Crippen LogP contribution in [0, 0.1) is 13.8 Å². The number of hydrogen-bond acceptors (Lipinski definition) is 2. The molecule has 0 radical (unpaired) electrons. The third kappa shape index (κ3) is 4.14. The van der Waals surface area contributed by atoms with Gasteiger partial charge in [0, 0.05) is 11.6 Å². The van der Waals surface area contributed by atoms with Crippen molar-refractivity contribution in [2.24, 2.45) is 0 Å². The first kappa shape index (κ1) is 16.2. The van der Waals surface area contributed by atoms with E-state index >= 15 is 0 Å². The highest BCUT2D eigenvalue weighted by Crippen LogP contribution is 2.37. The maximum atomic E-state index is 6.13. The Morgan fingerprint density at radius 1 is 1.19 bits per heavy atom. The lowest BCUT2D eigenvalue weighted by atomic mass is 10.1. The summed E-state index contributed by atoms with van der Waals surface area (Å²) in [6.07, 6.45) is 0. The molecule has 1 N–H and O–H groups in total. The van der Waals surface area contributed by atoms with E-state index in [0.29, 0.717) is 11.6 Å². The molecule has 0 aliphatic carbocycles. The van der Waals surface area contributed by atoms with E-state index in [2.05, 4.69) is 53.3 Å². The van der Waals surface area contributed by atoms with Gasteiger partial charge >= 0.3 is 0 Å². The van der Waals surface area contributed by atoms with Gasteiger partial charge in [-0.25, -0.2) is 0 Å². The lowest BCUT2D eigenvalue weighted by Crippen LogP contribution is -2.04. The maximum absolute atomic E-state index is 6.13. The van der Waals surface area contributed by atoms with Gasteiger partial charge < -0.3 is 10.1 Å². The first-order valence-corrected chi connectivity index (χ1v) is 8.10. The van der Waals surface area contributed by atoms with Crippen LogP contribution >= 0.6 is 27.5 Å². The third-order valence-corrected chi connectivity index (χ3v) is 4.07. The Labute approximate surface area is 139 Å². The largest absolute Gasteiger partial charge is 0.491 e. The Bertz CT molecular complexity index is 643. The number of nitrogens with one attached hydrogen (secondary N) is 1. The molecule has 0 atom stereocenters. The fourth-order valence-electron chi connectivity index (χ4n) is 2.22. The molecular formula is C17H19BrClNO. The maximum Gasteiger partial charge on any atom is 0.156 e. The molecule has 2 aromatic rings. The van der Waals surface area contributed by atoms with Gasteiger partial charge in [0.1, 0.15) is 0 Å². The Morgan fingerprint density at radius 2 is 1.95 bits per heavy atom. The summed E-state index contributed by atoms with van der Waals surface area (Å²) in [6.45, 7) is 7.54. The Kier molecular flexibility index (Phi) is 5.54. The SMILES string of the molecule is CCOc1c(Br)cc(Cl)cc1NCc1ccc(C)cc1C. The molecule has 0 spiro atoms. The molecule has 2 nitrogen and oxygen atoms in total. The predicted molar refractivity (Wildman–Crippen MR) is 93.6 cm³/mol. The first-order chi connectivity index (χ1) is 10.0. The Morgan fingerprint density at radius 3 is 2.62 bits per heavy atom. The second-order valence-electron chi connectivity index (χ2n) is 4.98. The van der Waals surface area contributed by atoms with E-state index in [1.165, 1.54) is 16.7 Å². The molecule has 112 valence electrons. The van der Waals surface area contributed by atoms with Crippen molar-refractivity contribution in [3.63, 3.8) is 0 Å². The van der Waals surface area contributed by atoms with Crippen molar-refractivity contribution < 1.29 is 4.74 Å². The molecule has 0 aliphatic rings. The molecular weight excluding hydrogens is 350 g/mol. The Hall–Kier alpha value is -1.19. The van der Waals surface area contributed by atoms with Crippen molar-refractivity contribution in [3.8, 4) is 5.75 Å². The minimum Gasteiger partial charge on any atom is -0.491 e. The van der Waals surface area contributed by atoms with Gasteiger partial charge in [-0.1, -0.05) is 35.4 Å². The van der Waals surface area contributed by atoms with Gasteiger partial charge in [-0.2, -0.15) is 0 Å². The highest BCUT2D eigenvalue weighted by molar-refractivity contribution is 9.10. The second kappa shape index (κ2) is 7.19. The minimum atomic E-state index is 0.610. The molecule has 4 heteroatoms. The van der Waals surface area contributed by atoms with Crippen LogP contribution in [0.25, 0.3) is 0 Å². The summed E-state index contributed by atoms with van der Waals surface area (Å²) in [5.74, 6) is 0.798. The average molecular weight is 369 g/mol. The quantitative estimate of drug-likeness (QED) is 0.727. The van der Waals surface area contributed by atoms with E-state index in [1.54, 1.807) is 0 Å². The minimum absolute atomic E-state index is 0.610. The van der Waals surface area contributed by atoms with Gasteiger partial charge in [0.05, 0.1) is 16.8 Å². The van der Waals surface area contributed by atoms with Gasteiger partial charge in [-0.3, -0.25) is 0 Å². The van der Waals surface area contributed by atoms with Crippen LogP contribution in [-0.4, -0.2) is 6.61 Å². The molecule has 21 heavy (non-hydrogen) atoms. The first-order valence-electron chi connectivity index (χ1n) is 6.93. The van der Waals surface area contributed by atoms with Crippen molar-refractivity contribution in [3.05, 3.63) is 56.5 Å². The highest BCUT2D eigenvalue weighted by atomic mass is 79.9. The zero-order valence-corrected chi connectivity index (χ0v) is 14.8. The number of ether oxygens (including phenoxy) is 1. The van der Waals surface area contributed by atoms with E-state index < -0.39 is 0 Å². The summed E-state index contributed by atoms with van der Waals surface area (Å²) in [5.41, 5.74) is 4.72. The molecule has 2 rings (SSSR count). The second-order valence-corrected chi connectivity index (χ2v) is 6.27. The van der Waals surface area contributed by atoms with Crippen LogP contribution in [0.2, 0.25) is 5.02 Å². The summed E-state index contributed by atoms with van der Waals surface area (Å²) in [7, 11) is 0. The van der Waals surface area contributed by atoms with Crippen LogP contribution in [-0.2, 0) is 6.54 Å². The molecule has 0 saturated heterocycles. The number of halogens is 2. The predicted octanol–water partition coefficient (Wildman–Crippen LogP) is 5.73. The van der Waals surface area contributed by atoms with Crippen LogP contribution < -0.4 is 10.1 Å². The molecule has 0 unspecified atom stereocenters. The summed E-state index contributed by atoms with van der Waals surface area (Å²) in [4.78, 5) is 0. The molecule has 0 fully saturated rings.